The van der Waals surface area contributed by atoms with Crippen LogP contribution in [-0.2, 0) is 14.6 Å². The van der Waals surface area contributed by atoms with Crippen LogP contribution in [0.3, 0.4) is 0 Å². The van der Waals surface area contributed by atoms with Gasteiger partial charge in [0, 0.05) is 36.1 Å². The van der Waals surface area contributed by atoms with E-state index in [0.717, 1.165) is 46.9 Å². The van der Waals surface area contributed by atoms with Gasteiger partial charge in [-0.2, -0.15) is 0 Å². The maximum atomic E-state index is 12.8. The smallest absolute Gasteiger partial charge is 0.206 e. The summed E-state index contributed by atoms with van der Waals surface area (Å²) in [7, 11) is -2.98. The van der Waals surface area contributed by atoms with Gasteiger partial charge in [-0.05, 0) is 39.2 Å². The Labute approximate surface area is 184 Å². The van der Waals surface area contributed by atoms with Crippen molar-refractivity contribution in [2.75, 3.05) is 35.7 Å². The fourth-order valence-electron chi connectivity index (χ4n) is 4.15. The number of Topliss-reactive ketones (excluding diaryl/α,β-unsaturated/α-hetero) is 1. The number of hydrogen-bond acceptors (Lipinski definition) is 9. The van der Waals surface area contributed by atoms with Crippen molar-refractivity contribution in [2.24, 2.45) is 0 Å². The SMILES string of the molecule is Cc1cc(C(=O)CSc2nnc(NCC3CCCO3)s2)c(C)n1C1CCS(=O)(=O)C1. The zero-order chi connectivity index (χ0) is 21.3. The molecule has 2 aliphatic heterocycles. The van der Waals surface area contributed by atoms with Gasteiger partial charge in [-0.1, -0.05) is 23.1 Å². The zero-order valence-electron chi connectivity index (χ0n) is 17.1. The molecular weight excluding hydrogens is 444 g/mol. The third-order valence-electron chi connectivity index (χ3n) is 5.60. The number of rotatable bonds is 8. The van der Waals surface area contributed by atoms with E-state index in [1.165, 1.54) is 23.1 Å². The Morgan fingerprint density at radius 2 is 2.20 bits per heavy atom. The first kappa shape index (κ1) is 21.8. The quantitative estimate of drug-likeness (QED) is 0.464. The molecule has 30 heavy (non-hydrogen) atoms. The van der Waals surface area contributed by atoms with Gasteiger partial charge in [0.15, 0.2) is 20.0 Å². The third-order valence-corrected chi connectivity index (χ3v) is 9.36. The van der Waals surface area contributed by atoms with Gasteiger partial charge < -0.3 is 14.6 Å². The number of carbonyl (C=O) groups excluding carboxylic acids is 1. The van der Waals surface area contributed by atoms with Crippen molar-refractivity contribution >= 4 is 43.9 Å². The van der Waals surface area contributed by atoms with Gasteiger partial charge in [0.1, 0.15) is 0 Å². The predicted octanol–water partition coefficient (Wildman–Crippen LogP) is 2.88. The summed E-state index contributed by atoms with van der Waals surface area (Å²) in [6.45, 7) is 5.37. The van der Waals surface area contributed by atoms with Crippen LogP contribution in [0.25, 0.3) is 0 Å². The summed E-state index contributed by atoms with van der Waals surface area (Å²) in [5.41, 5.74) is 2.43. The second-order valence-corrected chi connectivity index (χ2v) is 12.2. The molecule has 2 saturated heterocycles. The fourth-order valence-corrected chi connectivity index (χ4v) is 7.49. The molecule has 0 radical (unpaired) electrons. The van der Waals surface area contributed by atoms with E-state index in [-0.39, 0.29) is 35.2 Å². The number of carbonyl (C=O) groups is 1. The standard InChI is InChI=1S/C19H26N4O4S3/c1-12-8-16(13(2)23(12)14-5-7-30(25,26)11-14)17(24)10-28-19-22-21-18(29-19)20-9-15-4-3-6-27-15/h8,14-15H,3-7,9-11H2,1-2H3,(H,20,21). The first-order chi connectivity index (χ1) is 14.3. The lowest BCUT2D eigenvalue weighted by atomic mass is 10.2. The lowest BCUT2D eigenvalue weighted by Gasteiger charge is -2.16. The highest BCUT2D eigenvalue weighted by Gasteiger charge is 2.31. The highest BCUT2D eigenvalue weighted by molar-refractivity contribution is 8.01. The van der Waals surface area contributed by atoms with Crippen molar-refractivity contribution in [3.63, 3.8) is 0 Å². The average Bonchev–Trinajstić information content (AvgIpc) is 3.47. The molecule has 2 unspecified atom stereocenters. The maximum absolute atomic E-state index is 12.8. The summed E-state index contributed by atoms with van der Waals surface area (Å²) in [6, 6.07) is 1.79. The monoisotopic (exact) mass is 470 g/mol. The number of hydrogen-bond donors (Lipinski definition) is 1. The average molecular weight is 471 g/mol. The normalized spacial score (nSPS) is 23.1. The van der Waals surface area contributed by atoms with E-state index in [2.05, 4.69) is 15.5 Å². The molecule has 0 bridgehead atoms. The van der Waals surface area contributed by atoms with Gasteiger partial charge in [0.05, 0.1) is 23.4 Å². The van der Waals surface area contributed by atoms with Gasteiger partial charge in [-0.25, -0.2) is 8.42 Å². The van der Waals surface area contributed by atoms with Crippen molar-refractivity contribution in [1.29, 1.82) is 0 Å². The van der Waals surface area contributed by atoms with Crippen LogP contribution >= 0.6 is 23.1 Å². The van der Waals surface area contributed by atoms with E-state index in [1.807, 2.05) is 24.5 Å². The Morgan fingerprint density at radius 1 is 1.37 bits per heavy atom. The van der Waals surface area contributed by atoms with Gasteiger partial charge in [-0.3, -0.25) is 4.79 Å². The van der Waals surface area contributed by atoms with Crippen LogP contribution in [-0.4, -0.2) is 65.5 Å². The molecule has 2 fully saturated rings. The van der Waals surface area contributed by atoms with E-state index in [9.17, 15) is 13.2 Å². The molecule has 0 saturated carbocycles. The highest BCUT2D eigenvalue weighted by atomic mass is 32.2. The minimum atomic E-state index is -2.98. The first-order valence-electron chi connectivity index (χ1n) is 10.1. The van der Waals surface area contributed by atoms with Crippen molar-refractivity contribution < 1.29 is 17.9 Å². The number of ketones is 1. The van der Waals surface area contributed by atoms with E-state index in [1.54, 1.807) is 0 Å². The summed E-state index contributed by atoms with van der Waals surface area (Å²) in [6.07, 6.45) is 3.00. The molecule has 0 spiro atoms. The molecule has 4 rings (SSSR count). The highest BCUT2D eigenvalue weighted by Crippen LogP contribution is 2.31. The molecule has 1 N–H and O–H groups in total. The predicted molar refractivity (Wildman–Crippen MR) is 119 cm³/mol. The van der Waals surface area contributed by atoms with Crippen LogP contribution in [0, 0.1) is 13.8 Å². The van der Waals surface area contributed by atoms with Crippen LogP contribution in [0.5, 0.6) is 0 Å². The minimum Gasteiger partial charge on any atom is -0.376 e. The molecule has 2 aliphatic rings. The number of ether oxygens (including phenoxy) is 1. The number of anilines is 1. The molecular formula is C19H26N4O4S3. The summed E-state index contributed by atoms with van der Waals surface area (Å²) in [5, 5.41) is 12.3. The lowest BCUT2D eigenvalue weighted by Crippen LogP contribution is -2.18. The zero-order valence-corrected chi connectivity index (χ0v) is 19.5. The molecule has 2 atom stereocenters. The van der Waals surface area contributed by atoms with Crippen LogP contribution in [0.15, 0.2) is 10.4 Å². The van der Waals surface area contributed by atoms with Crippen LogP contribution in [0.4, 0.5) is 5.13 Å². The second-order valence-electron chi connectivity index (χ2n) is 7.81. The van der Waals surface area contributed by atoms with E-state index in [4.69, 9.17) is 4.74 Å². The van der Waals surface area contributed by atoms with Crippen molar-refractivity contribution in [3.8, 4) is 0 Å². The third kappa shape index (κ3) is 4.90. The Balaban J connectivity index is 1.35. The van der Waals surface area contributed by atoms with Crippen LogP contribution in [0.2, 0.25) is 0 Å². The number of nitrogens with one attached hydrogen (secondary N) is 1. The molecule has 8 nitrogen and oxygen atoms in total. The maximum Gasteiger partial charge on any atom is 0.206 e. The first-order valence-corrected chi connectivity index (χ1v) is 13.7. The number of aromatic nitrogens is 3. The summed E-state index contributed by atoms with van der Waals surface area (Å²) < 4.78 is 32.1. The summed E-state index contributed by atoms with van der Waals surface area (Å²) in [4.78, 5) is 12.8. The Hall–Kier alpha value is -1.43. The largest absolute Gasteiger partial charge is 0.376 e. The Morgan fingerprint density at radius 3 is 2.90 bits per heavy atom. The van der Waals surface area contributed by atoms with E-state index < -0.39 is 9.84 Å². The lowest BCUT2D eigenvalue weighted by molar-refractivity contribution is 0.102. The molecule has 2 aromatic rings. The van der Waals surface area contributed by atoms with Crippen molar-refractivity contribution in [2.45, 2.75) is 49.6 Å². The molecule has 4 heterocycles. The van der Waals surface area contributed by atoms with Gasteiger partial charge in [-0.15, -0.1) is 10.2 Å². The van der Waals surface area contributed by atoms with E-state index in [0.29, 0.717) is 12.0 Å². The van der Waals surface area contributed by atoms with Gasteiger partial charge >= 0.3 is 0 Å². The minimum absolute atomic E-state index is 0.0178. The summed E-state index contributed by atoms with van der Waals surface area (Å²) in [5.74, 6) is 0.657. The van der Waals surface area contributed by atoms with Gasteiger partial charge in [0.2, 0.25) is 5.13 Å². The topological polar surface area (TPSA) is 103 Å². The number of sulfone groups is 1. The molecule has 11 heteroatoms. The number of thioether (sulfide) groups is 1. The van der Waals surface area contributed by atoms with Crippen LogP contribution < -0.4 is 5.32 Å². The molecule has 0 aliphatic carbocycles. The second kappa shape index (κ2) is 8.97. The summed E-state index contributed by atoms with van der Waals surface area (Å²) >= 11 is 2.81. The van der Waals surface area contributed by atoms with Crippen molar-refractivity contribution in [3.05, 3.63) is 23.0 Å². The fraction of sp³-hybridized carbons (Fsp3) is 0.632. The molecule has 2 aromatic heterocycles. The molecule has 164 valence electrons. The Kier molecular flexibility index (Phi) is 6.52. The van der Waals surface area contributed by atoms with Crippen LogP contribution in [0.1, 0.15) is 47.1 Å². The molecule has 0 aromatic carbocycles. The number of nitrogens with zero attached hydrogens (tertiary/aromatic N) is 3. The van der Waals surface area contributed by atoms with E-state index >= 15 is 0 Å². The Bertz CT molecular complexity index is 1020. The van der Waals surface area contributed by atoms with Gasteiger partial charge in [0.25, 0.3) is 0 Å². The number of aryl methyl sites for hydroxylation is 1. The molecule has 0 amide bonds. The van der Waals surface area contributed by atoms with Crippen molar-refractivity contribution in [1.82, 2.24) is 14.8 Å².